The highest BCUT2D eigenvalue weighted by molar-refractivity contribution is 9.10. The van der Waals surface area contributed by atoms with E-state index in [1.807, 2.05) is 13.0 Å². The number of rotatable bonds is 2. The van der Waals surface area contributed by atoms with E-state index in [0.717, 1.165) is 10.0 Å². The molecular weight excluding hydrogens is 219 g/mol. The summed E-state index contributed by atoms with van der Waals surface area (Å²) in [5.74, 6) is -0.174. The minimum absolute atomic E-state index is 0.174. The highest BCUT2D eigenvalue weighted by Gasteiger charge is 2.05. The fraction of sp³-hybridized carbons (Fsp3) is 0.200. The third-order valence-corrected chi connectivity index (χ3v) is 2.28. The van der Waals surface area contributed by atoms with Gasteiger partial charge >= 0.3 is 0 Å². The lowest BCUT2D eigenvalue weighted by Crippen LogP contribution is -1.92. The van der Waals surface area contributed by atoms with Crippen molar-refractivity contribution >= 4 is 15.9 Å². The molecule has 0 aliphatic heterocycles. The lowest BCUT2D eigenvalue weighted by molar-refractivity contribution is 0.612. The van der Waals surface area contributed by atoms with E-state index in [-0.39, 0.29) is 5.82 Å². The second-order valence-corrected chi connectivity index (χ2v) is 3.69. The van der Waals surface area contributed by atoms with E-state index in [4.69, 9.17) is 0 Å². The van der Waals surface area contributed by atoms with Crippen LogP contribution in [0.1, 0.15) is 12.5 Å². The van der Waals surface area contributed by atoms with Crippen molar-refractivity contribution in [3.8, 4) is 0 Å². The topological polar surface area (TPSA) is 0 Å². The quantitative estimate of drug-likeness (QED) is 0.678. The Labute approximate surface area is 80.2 Å². The van der Waals surface area contributed by atoms with Gasteiger partial charge in [-0.2, -0.15) is 0 Å². The predicted octanol–water partition coefficient (Wildman–Crippen LogP) is 3.71. The van der Waals surface area contributed by atoms with Crippen molar-refractivity contribution in [2.45, 2.75) is 13.3 Å². The molecular formula is C10H10BrF. The van der Waals surface area contributed by atoms with Crippen LogP contribution in [0.5, 0.6) is 0 Å². The van der Waals surface area contributed by atoms with Gasteiger partial charge in [-0.1, -0.05) is 34.1 Å². The van der Waals surface area contributed by atoms with Crippen LogP contribution in [0.4, 0.5) is 4.39 Å². The summed E-state index contributed by atoms with van der Waals surface area (Å²) < 4.78 is 14.0. The molecule has 0 heterocycles. The van der Waals surface area contributed by atoms with Gasteiger partial charge < -0.3 is 0 Å². The van der Waals surface area contributed by atoms with E-state index in [1.54, 1.807) is 6.07 Å². The fourth-order valence-corrected chi connectivity index (χ4v) is 1.49. The molecule has 0 nitrogen and oxygen atoms in total. The van der Waals surface area contributed by atoms with E-state index in [9.17, 15) is 4.39 Å². The third kappa shape index (κ3) is 2.18. The van der Waals surface area contributed by atoms with Crippen LogP contribution in [0.2, 0.25) is 0 Å². The van der Waals surface area contributed by atoms with Gasteiger partial charge in [-0.3, -0.25) is 0 Å². The Bertz CT molecular complexity index is 284. The van der Waals surface area contributed by atoms with Crippen LogP contribution < -0.4 is 0 Å². The molecule has 1 aromatic rings. The lowest BCUT2D eigenvalue weighted by atomic mass is 10.1. The molecule has 1 aromatic carbocycles. The Balaban J connectivity index is 3.04. The predicted molar refractivity (Wildman–Crippen MR) is 52.6 cm³/mol. The van der Waals surface area contributed by atoms with Crippen LogP contribution >= 0.6 is 15.9 Å². The van der Waals surface area contributed by atoms with Crippen LogP contribution in [0.25, 0.3) is 0 Å². The van der Waals surface area contributed by atoms with Gasteiger partial charge in [0.25, 0.3) is 0 Å². The Morgan fingerprint density at radius 2 is 2.25 bits per heavy atom. The van der Waals surface area contributed by atoms with Gasteiger partial charge in [-0.05, 0) is 25.5 Å². The first-order valence-corrected chi connectivity index (χ1v) is 4.48. The first-order chi connectivity index (χ1) is 5.61. The molecule has 64 valence electrons. The number of halogens is 2. The molecule has 0 aliphatic rings. The summed E-state index contributed by atoms with van der Waals surface area (Å²) in [5, 5.41) is 0. The van der Waals surface area contributed by atoms with E-state index < -0.39 is 0 Å². The molecule has 0 fully saturated rings. The maximum atomic E-state index is 13.1. The molecule has 0 saturated heterocycles. The second kappa shape index (κ2) is 3.85. The molecule has 2 heteroatoms. The minimum Gasteiger partial charge on any atom is -0.207 e. The SMILES string of the molecule is C=C(C)Cc1c(F)cccc1Br. The van der Waals surface area contributed by atoms with Crippen LogP contribution in [-0.4, -0.2) is 0 Å². The molecule has 1 rings (SSSR count). The molecule has 0 amide bonds. The van der Waals surface area contributed by atoms with Crippen LogP contribution in [0.3, 0.4) is 0 Å². The van der Waals surface area contributed by atoms with Gasteiger partial charge in [0.05, 0.1) is 0 Å². The Hall–Kier alpha value is -0.630. The van der Waals surface area contributed by atoms with Crippen molar-refractivity contribution in [3.05, 3.63) is 46.2 Å². The average molecular weight is 229 g/mol. The largest absolute Gasteiger partial charge is 0.207 e. The zero-order valence-corrected chi connectivity index (χ0v) is 8.49. The Morgan fingerprint density at radius 1 is 1.58 bits per heavy atom. The summed E-state index contributed by atoms with van der Waals surface area (Å²) in [5.41, 5.74) is 1.64. The van der Waals surface area contributed by atoms with Gasteiger partial charge in [0.1, 0.15) is 5.82 Å². The van der Waals surface area contributed by atoms with Crippen molar-refractivity contribution in [3.63, 3.8) is 0 Å². The fourth-order valence-electron chi connectivity index (χ4n) is 1.00. The molecule has 0 aliphatic carbocycles. The van der Waals surface area contributed by atoms with Crippen molar-refractivity contribution < 1.29 is 4.39 Å². The molecule has 0 atom stereocenters. The molecule has 0 bridgehead atoms. The smallest absolute Gasteiger partial charge is 0.127 e. The summed E-state index contributed by atoms with van der Waals surface area (Å²) in [6, 6.07) is 4.98. The van der Waals surface area contributed by atoms with Crippen LogP contribution in [0.15, 0.2) is 34.8 Å². The number of benzene rings is 1. The molecule has 0 spiro atoms. The van der Waals surface area contributed by atoms with Crippen molar-refractivity contribution in [2.75, 3.05) is 0 Å². The van der Waals surface area contributed by atoms with E-state index in [2.05, 4.69) is 22.5 Å². The summed E-state index contributed by atoms with van der Waals surface area (Å²) in [6.07, 6.45) is 0.591. The van der Waals surface area contributed by atoms with Gasteiger partial charge in [0.2, 0.25) is 0 Å². The lowest BCUT2D eigenvalue weighted by Gasteiger charge is -2.04. The van der Waals surface area contributed by atoms with Gasteiger partial charge in [-0.15, -0.1) is 0 Å². The van der Waals surface area contributed by atoms with Gasteiger partial charge in [0.15, 0.2) is 0 Å². The summed E-state index contributed by atoms with van der Waals surface area (Å²) >= 11 is 3.29. The Morgan fingerprint density at radius 3 is 2.75 bits per heavy atom. The number of allylic oxidation sites excluding steroid dienone is 1. The average Bonchev–Trinajstić information content (AvgIpc) is 1.97. The van der Waals surface area contributed by atoms with Gasteiger partial charge in [-0.25, -0.2) is 4.39 Å². The van der Waals surface area contributed by atoms with E-state index in [0.29, 0.717) is 12.0 Å². The first-order valence-electron chi connectivity index (χ1n) is 3.68. The van der Waals surface area contributed by atoms with Crippen molar-refractivity contribution in [2.24, 2.45) is 0 Å². The van der Waals surface area contributed by atoms with E-state index in [1.165, 1.54) is 6.07 Å². The second-order valence-electron chi connectivity index (χ2n) is 2.83. The molecule has 0 radical (unpaired) electrons. The number of hydrogen-bond donors (Lipinski definition) is 0. The first kappa shape index (κ1) is 9.46. The highest BCUT2D eigenvalue weighted by Crippen LogP contribution is 2.21. The summed E-state index contributed by atoms with van der Waals surface area (Å²) in [7, 11) is 0. The number of hydrogen-bond acceptors (Lipinski definition) is 0. The molecule has 0 unspecified atom stereocenters. The molecule has 0 saturated carbocycles. The normalized spacial score (nSPS) is 9.92. The summed E-state index contributed by atoms with van der Waals surface area (Å²) in [4.78, 5) is 0. The standard InChI is InChI=1S/C10H10BrF/c1-7(2)6-8-9(11)4-3-5-10(8)12/h3-5H,1,6H2,2H3. The van der Waals surface area contributed by atoms with Crippen molar-refractivity contribution in [1.29, 1.82) is 0 Å². The highest BCUT2D eigenvalue weighted by atomic mass is 79.9. The van der Waals surface area contributed by atoms with Crippen LogP contribution in [-0.2, 0) is 6.42 Å². The Kier molecular flexibility index (Phi) is 3.04. The van der Waals surface area contributed by atoms with Crippen molar-refractivity contribution in [1.82, 2.24) is 0 Å². The zero-order chi connectivity index (χ0) is 9.14. The van der Waals surface area contributed by atoms with E-state index >= 15 is 0 Å². The zero-order valence-electron chi connectivity index (χ0n) is 6.90. The maximum absolute atomic E-state index is 13.1. The molecule has 0 aromatic heterocycles. The monoisotopic (exact) mass is 228 g/mol. The third-order valence-electron chi connectivity index (χ3n) is 1.54. The molecule has 0 N–H and O–H groups in total. The molecule has 12 heavy (non-hydrogen) atoms. The van der Waals surface area contributed by atoms with Gasteiger partial charge in [0, 0.05) is 10.0 Å². The minimum atomic E-state index is -0.174. The van der Waals surface area contributed by atoms with Crippen LogP contribution in [0, 0.1) is 5.82 Å². The summed E-state index contributed by atoms with van der Waals surface area (Å²) in [6.45, 7) is 5.63. The maximum Gasteiger partial charge on any atom is 0.127 e.